The number of nitrogens with zero attached hydrogens (tertiary/aromatic N) is 6. The monoisotopic (exact) mass is 544 g/mol. The summed E-state index contributed by atoms with van der Waals surface area (Å²) in [5.74, 6) is 2.04. The summed E-state index contributed by atoms with van der Waals surface area (Å²) in [6, 6.07) is 1.91. The van der Waals surface area contributed by atoms with Crippen LogP contribution in [0.2, 0.25) is 0 Å². The van der Waals surface area contributed by atoms with E-state index >= 15 is 0 Å². The second-order valence-corrected chi connectivity index (χ2v) is 11.0. The lowest BCUT2D eigenvalue weighted by Crippen LogP contribution is -2.39. The summed E-state index contributed by atoms with van der Waals surface area (Å²) in [4.78, 5) is 24.8. The summed E-state index contributed by atoms with van der Waals surface area (Å²) in [6.07, 6.45) is 4.53. The maximum absolute atomic E-state index is 12.9. The lowest BCUT2D eigenvalue weighted by molar-refractivity contribution is -0.143. The maximum Gasteiger partial charge on any atom is 0.389 e. The van der Waals surface area contributed by atoms with Crippen LogP contribution in [0.1, 0.15) is 75.0 Å². The van der Waals surface area contributed by atoms with Crippen LogP contribution in [0.25, 0.3) is 10.9 Å². The molecule has 39 heavy (non-hydrogen) atoms. The Balaban J connectivity index is 1.36. The highest BCUT2D eigenvalue weighted by Gasteiger charge is 2.31. The first-order chi connectivity index (χ1) is 18.6. The van der Waals surface area contributed by atoms with E-state index in [1.54, 1.807) is 25.5 Å². The third kappa shape index (κ3) is 6.93. The molecule has 11 heteroatoms. The molecule has 2 fully saturated rings. The zero-order valence-corrected chi connectivity index (χ0v) is 22.4. The standard InChI is InChI=1S/C28H35F3N6O2/c1-17(14-28(29,30)31)13-24-33-16-23-26(36-24)22(19-3-5-20(38)6-4-19)15-34-27(23)39-21-8-11-37(12-9-21)25-7-10-32-18(2)35-25/h7,10,15-17,19-21,38H,3-6,8-9,11-14H2,1-2H3/t17-,19?,20?/m1/s1. The summed E-state index contributed by atoms with van der Waals surface area (Å²) < 4.78 is 45.1. The summed E-state index contributed by atoms with van der Waals surface area (Å²) in [5, 5.41) is 10.7. The lowest BCUT2D eigenvalue weighted by Gasteiger charge is -2.33. The molecule has 5 rings (SSSR count). The van der Waals surface area contributed by atoms with Crippen molar-refractivity contribution in [3.63, 3.8) is 0 Å². The summed E-state index contributed by atoms with van der Waals surface area (Å²) in [6.45, 7) is 5.03. The minimum atomic E-state index is -4.23. The highest BCUT2D eigenvalue weighted by molar-refractivity contribution is 5.85. The molecule has 3 aromatic rings. The number of aliphatic hydroxyl groups is 1. The van der Waals surface area contributed by atoms with Crippen LogP contribution in [0.4, 0.5) is 19.0 Å². The van der Waals surface area contributed by atoms with Crippen molar-refractivity contribution in [1.82, 2.24) is 24.9 Å². The molecule has 3 aromatic heterocycles. The fourth-order valence-corrected chi connectivity index (χ4v) is 5.69. The molecule has 0 radical (unpaired) electrons. The quantitative estimate of drug-likeness (QED) is 0.427. The third-order valence-electron chi connectivity index (χ3n) is 7.72. The van der Waals surface area contributed by atoms with E-state index in [4.69, 9.17) is 9.72 Å². The Morgan fingerprint density at radius 1 is 1.03 bits per heavy atom. The van der Waals surface area contributed by atoms with Crippen molar-refractivity contribution >= 4 is 16.7 Å². The molecule has 1 aliphatic heterocycles. The average molecular weight is 545 g/mol. The number of ether oxygens (including phenoxy) is 1. The van der Waals surface area contributed by atoms with E-state index in [2.05, 4.69) is 24.8 Å². The number of piperidine rings is 1. The molecule has 1 saturated heterocycles. The molecular formula is C28H35F3N6O2. The number of hydrogen-bond donors (Lipinski definition) is 1. The summed E-state index contributed by atoms with van der Waals surface area (Å²) in [5.41, 5.74) is 1.64. The molecule has 0 unspecified atom stereocenters. The SMILES string of the molecule is Cc1nccc(N2CCC(Oc3ncc(C4CCC(O)CC4)c4nc(C[C@@H](C)CC(F)(F)F)ncc34)CC2)n1. The van der Waals surface area contributed by atoms with Gasteiger partial charge in [-0.1, -0.05) is 6.92 Å². The van der Waals surface area contributed by atoms with Gasteiger partial charge in [-0.25, -0.2) is 24.9 Å². The molecule has 1 aliphatic carbocycles. The Morgan fingerprint density at radius 2 is 1.77 bits per heavy atom. The predicted octanol–water partition coefficient (Wildman–Crippen LogP) is 5.32. The minimum Gasteiger partial charge on any atom is -0.474 e. The molecule has 0 amide bonds. The first kappa shape index (κ1) is 27.5. The Kier molecular flexibility index (Phi) is 8.16. The van der Waals surface area contributed by atoms with Crippen LogP contribution in [0.5, 0.6) is 5.88 Å². The Bertz CT molecular complexity index is 1270. The van der Waals surface area contributed by atoms with Gasteiger partial charge in [0.2, 0.25) is 5.88 Å². The van der Waals surface area contributed by atoms with Gasteiger partial charge in [0.25, 0.3) is 0 Å². The third-order valence-corrected chi connectivity index (χ3v) is 7.72. The average Bonchev–Trinajstić information content (AvgIpc) is 2.89. The molecule has 1 N–H and O–H groups in total. The number of pyridine rings is 1. The maximum atomic E-state index is 12.9. The molecule has 1 saturated carbocycles. The number of aromatic nitrogens is 5. The van der Waals surface area contributed by atoms with E-state index in [1.807, 2.05) is 13.0 Å². The van der Waals surface area contributed by atoms with Crippen molar-refractivity contribution in [1.29, 1.82) is 0 Å². The first-order valence-corrected chi connectivity index (χ1v) is 13.7. The van der Waals surface area contributed by atoms with Gasteiger partial charge in [-0.15, -0.1) is 0 Å². The van der Waals surface area contributed by atoms with Gasteiger partial charge in [0.1, 0.15) is 23.6 Å². The molecular weight excluding hydrogens is 509 g/mol. The molecule has 4 heterocycles. The number of aryl methyl sites for hydroxylation is 1. The van der Waals surface area contributed by atoms with Gasteiger partial charge in [-0.3, -0.25) is 0 Å². The van der Waals surface area contributed by atoms with Crippen LogP contribution in [-0.4, -0.2) is 61.5 Å². The molecule has 0 aromatic carbocycles. The van der Waals surface area contributed by atoms with Gasteiger partial charge in [0, 0.05) is 62.9 Å². The van der Waals surface area contributed by atoms with E-state index < -0.39 is 18.5 Å². The van der Waals surface area contributed by atoms with Gasteiger partial charge in [0.15, 0.2) is 0 Å². The smallest absolute Gasteiger partial charge is 0.389 e. The van der Waals surface area contributed by atoms with Gasteiger partial charge in [-0.05, 0) is 50.5 Å². The zero-order chi connectivity index (χ0) is 27.6. The molecule has 8 nitrogen and oxygen atoms in total. The van der Waals surface area contributed by atoms with Crippen LogP contribution >= 0.6 is 0 Å². The Labute approximate surface area is 226 Å². The van der Waals surface area contributed by atoms with Gasteiger partial charge < -0.3 is 14.7 Å². The fraction of sp³-hybridized carbons (Fsp3) is 0.607. The van der Waals surface area contributed by atoms with Crippen molar-refractivity contribution in [2.45, 2.75) is 89.5 Å². The van der Waals surface area contributed by atoms with Crippen LogP contribution < -0.4 is 9.64 Å². The first-order valence-electron chi connectivity index (χ1n) is 13.7. The highest BCUT2D eigenvalue weighted by atomic mass is 19.4. The Morgan fingerprint density at radius 3 is 2.46 bits per heavy atom. The van der Waals surface area contributed by atoms with E-state index in [-0.39, 0.29) is 24.5 Å². The van der Waals surface area contributed by atoms with Gasteiger partial charge in [0.05, 0.1) is 17.0 Å². The normalized spacial score (nSPS) is 21.7. The number of anilines is 1. The number of alkyl halides is 3. The van der Waals surface area contributed by atoms with Crippen molar-refractivity contribution in [2.24, 2.45) is 5.92 Å². The predicted molar refractivity (Wildman–Crippen MR) is 141 cm³/mol. The van der Waals surface area contributed by atoms with Crippen LogP contribution in [-0.2, 0) is 6.42 Å². The van der Waals surface area contributed by atoms with Crippen molar-refractivity contribution in [3.05, 3.63) is 41.9 Å². The van der Waals surface area contributed by atoms with E-state index in [1.165, 1.54) is 0 Å². The number of fused-ring (bicyclic) bond motifs is 1. The molecule has 1 atom stereocenters. The molecule has 0 bridgehead atoms. The summed E-state index contributed by atoms with van der Waals surface area (Å²) >= 11 is 0. The molecule has 210 valence electrons. The topological polar surface area (TPSA) is 97.2 Å². The second-order valence-electron chi connectivity index (χ2n) is 11.0. The van der Waals surface area contributed by atoms with Crippen LogP contribution in [0, 0.1) is 12.8 Å². The number of aliphatic hydroxyl groups excluding tert-OH is 1. The van der Waals surface area contributed by atoms with Crippen molar-refractivity contribution in [2.75, 3.05) is 18.0 Å². The zero-order valence-electron chi connectivity index (χ0n) is 22.4. The van der Waals surface area contributed by atoms with E-state index in [9.17, 15) is 18.3 Å². The van der Waals surface area contributed by atoms with E-state index in [0.29, 0.717) is 35.4 Å². The minimum absolute atomic E-state index is 0.0398. The van der Waals surface area contributed by atoms with Crippen molar-refractivity contribution < 1.29 is 23.0 Å². The number of hydrogen-bond acceptors (Lipinski definition) is 8. The van der Waals surface area contributed by atoms with Gasteiger partial charge >= 0.3 is 6.18 Å². The largest absolute Gasteiger partial charge is 0.474 e. The molecule has 2 aliphatic rings. The van der Waals surface area contributed by atoms with Crippen LogP contribution in [0.3, 0.4) is 0 Å². The van der Waals surface area contributed by atoms with E-state index in [0.717, 1.165) is 56.0 Å². The number of rotatable bonds is 7. The van der Waals surface area contributed by atoms with Crippen molar-refractivity contribution in [3.8, 4) is 5.88 Å². The van der Waals surface area contributed by atoms with Crippen LogP contribution in [0.15, 0.2) is 24.7 Å². The lowest BCUT2D eigenvalue weighted by atomic mass is 9.82. The van der Waals surface area contributed by atoms with Gasteiger partial charge in [-0.2, -0.15) is 13.2 Å². The second kappa shape index (κ2) is 11.6. The molecule has 0 spiro atoms. The summed E-state index contributed by atoms with van der Waals surface area (Å²) in [7, 11) is 0. The fourth-order valence-electron chi connectivity index (χ4n) is 5.69. The number of halogens is 3. The highest BCUT2D eigenvalue weighted by Crippen LogP contribution is 2.38. The Hall–Kier alpha value is -3.08.